The summed E-state index contributed by atoms with van der Waals surface area (Å²) in [5.74, 6) is 1.47. The number of halogens is 1. The van der Waals surface area contributed by atoms with E-state index in [4.69, 9.17) is 15.2 Å². The van der Waals surface area contributed by atoms with E-state index in [0.29, 0.717) is 12.6 Å². The molecule has 1 aliphatic carbocycles. The molecule has 1 aliphatic rings. The number of benzene rings is 1. The number of hydrogen-bond acceptors (Lipinski definition) is 4. The summed E-state index contributed by atoms with van der Waals surface area (Å²) in [6, 6.07) is 4.80. The van der Waals surface area contributed by atoms with Gasteiger partial charge in [0.2, 0.25) is 0 Å². The van der Waals surface area contributed by atoms with Crippen LogP contribution in [0.4, 0.5) is 0 Å². The molecule has 118 valence electrons. The summed E-state index contributed by atoms with van der Waals surface area (Å²) in [6.45, 7) is 0.584. The SMILES string of the molecule is COc1cc(Br)c(C(CN)N(C)C2CCCC2)cc1OC. The molecule has 2 N–H and O–H groups in total. The fourth-order valence-electron chi connectivity index (χ4n) is 3.20. The average molecular weight is 357 g/mol. The topological polar surface area (TPSA) is 47.7 Å². The number of ether oxygens (including phenoxy) is 2. The molecule has 21 heavy (non-hydrogen) atoms. The molecule has 0 amide bonds. The van der Waals surface area contributed by atoms with E-state index in [2.05, 4.69) is 27.9 Å². The van der Waals surface area contributed by atoms with Gasteiger partial charge in [-0.2, -0.15) is 0 Å². The summed E-state index contributed by atoms with van der Waals surface area (Å²) in [5.41, 5.74) is 7.23. The average Bonchev–Trinajstić information content (AvgIpc) is 3.03. The Bertz CT molecular complexity index is 476. The van der Waals surface area contributed by atoms with Crippen LogP contribution in [0.5, 0.6) is 11.5 Å². The van der Waals surface area contributed by atoms with Gasteiger partial charge in [0, 0.05) is 23.1 Å². The van der Waals surface area contributed by atoms with E-state index in [1.807, 2.05) is 12.1 Å². The molecule has 0 aromatic heterocycles. The first-order valence-corrected chi connectivity index (χ1v) is 8.25. The van der Waals surface area contributed by atoms with Gasteiger partial charge in [0.15, 0.2) is 11.5 Å². The van der Waals surface area contributed by atoms with Crippen LogP contribution in [0.25, 0.3) is 0 Å². The van der Waals surface area contributed by atoms with Crippen LogP contribution in [0, 0.1) is 0 Å². The third-order valence-corrected chi connectivity index (χ3v) is 5.16. The molecule has 1 aromatic rings. The summed E-state index contributed by atoms with van der Waals surface area (Å²) < 4.78 is 11.8. The van der Waals surface area contributed by atoms with Crippen molar-refractivity contribution >= 4 is 15.9 Å². The maximum atomic E-state index is 6.07. The lowest BCUT2D eigenvalue weighted by Gasteiger charge is -2.33. The molecule has 0 radical (unpaired) electrons. The highest BCUT2D eigenvalue weighted by Crippen LogP contribution is 2.38. The Morgan fingerprint density at radius 3 is 2.33 bits per heavy atom. The van der Waals surface area contributed by atoms with E-state index >= 15 is 0 Å². The van der Waals surface area contributed by atoms with Gasteiger partial charge in [0.05, 0.1) is 14.2 Å². The molecular weight excluding hydrogens is 332 g/mol. The van der Waals surface area contributed by atoms with Crippen LogP contribution in [0.1, 0.15) is 37.3 Å². The van der Waals surface area contributed by atoms with E-state index in [1.165, 1.54) is 25.7 Å². The predicted octanol–water partition coefficient (Wildman–Crippen LogP) is 3.34. The summed E-state index contributed by atoms with van der Waals surface area (Å²) >= 11 is 3.65. The van der Waals surface area contributed by atoms with Crippen molar-refractivity contribution in [3.8, 4) is 11.5 Å². The standard InChI is InChI=1S/C16H25BrN2O2/c1-19(11-6-4-5-7-11)14(10-18)12-8-15(20-2)16(21-3)9-13(12)17/h8-9,11,14H,4-7,10,18H2,1-3H3. The Morgan fingerprint density at radius 1 is 1.24 bits per heavy atom. The number of rotatable bonds is 6. The van der Waals surface area contributed by atoms with Crippen molar-refractivity contribution in [2.75, 3.05) is 27.8 Å². The molecule has 0 spiro atoms. The maximum Gasteiger partial charge on any atom is 0.161 e. The number of hydrogen-bond donors (Lipinski definition) is 1. The van der Waals surface area contributed by atoms with Crippen LogP contribution in [0.2, 0.25) is 0 Å². The van der Waals surface area contributed by atoms with Crippen LogP contribution in [-0.2, 0) is 0 Å². The third kappa shape index (κ3) is 3.52. The maximum absolute atomic E-state index is 6.07. The first-order valence-electron chi connectivity index (χ1n) is 7.45. The number of nitrogens with two attached hydrogens (primary N) is 1. The molecule has 0 bridgehead atoms. The Labute approximate surface area is 135 Å². The van der Waals surface area contributed by atoms with Crippen LogP contribution in [0.3, 0.4) is 0 Å². The van der Waals surface area contributed by atoms with Crippen molar-refractivity contribution in [1.82, 2.24) is 4.90 Å². The minimum atomic E-state index is 0.183. The molecule has 0 aliphatic heterocycles. The first-order chi connectivity index (χ1) is 10.1. The first kappa shape index (κ1) is 16.6. The van der Waals surface area contributed by atoms with Crippen molar-refractivity contribution in [1.29, 1.82) is 0 Å². The quantitative estimate of drug-likeness (QED) is 0.848. The molecule has 1 aromatic carbocycles. The fourth-order valence-corrected chi connectivity index (χ4v) is 3.79. The number of likely N-dealkylation sites (N-methyl/N-ethyl adjacent to an activating group) is 1. The summed E-state index contributed by atoms with van der Waals surface area (Å²) in [5, 5.41) is 0. The molecular formula is C16H25BrN2O2. The van der Waals surface area contributed by atoms with Crippen molar-refractivity contribution < 1.29 is 9.47 Å². The Kier molecular flexibility index (Phi) is 5.90. The lowest BCUT2D eigenvalue weighted by atomic mass is 10.0. The smallest absolute Gasteiger partial charge is 0.161 e. The van der Waals surface area contributed by atoms with Gasteiger partial charge < -0.3 is 15.2 Å². The fraction of sp³-hybridized carbons (Fsp3) is 0.625. The predicted molar refractivity (Wildman–Crippen MR) is 89.1 cm³/mol. The second-order valence-corrected chi connectivity index (χ2v) is 6.44. The van der Waals surface area contributed by atoms with Crippen molar-refractivity contribution in [3.05, 3.63) is 22.2 Å². The molecule has 1 unspecified atom stereocenters. The Hall–Kier alpha value is -0.780. The number of methoxy groups -OCH3 is 2. The molecule has 5 heteroatoms. The van der Waals surface area contributed by atoms with Crippen LogP contribution in [0.15, 0.2) is 16.6 Å². The van der Waals surface area contributed by atoms with Gasteiger partial charge in [-0.3, -0.25) is 4.90 Å². The van der Waals surface area contributed by atoms with Gasteiger partial charge in [-0.05, 0) is 37.6 Å². The molecule has 4 nitrogen and oxygen atoms in total. The monoisotopic (exact) mass is 356 g/mol. The summed E-state index contributed by atoms with van der Waals surface area (Å²) in [7, 11) is 5.49. The van der Waals surface area contributed by atoms with E-state index in [1.54, 1.807) is 14.2 Å². The molecule has 0 heterocycles. The van der Waals surface area contributed by atoms with Crippen LogP contribution in [-0.4, -0.2) is 38.8 Å². The largest absolute Gasteiger partial charge is 0.493 e. The van der Waals surface area contributed by atoms with Gasteiger partial charge in [0.1, 0.15) is 0 Å². The van der Waals surface area contributed by atoms with E-state index < -0.39 is 0 Å². The Morgan fingerprint density at radius 2 is 1.81 bits per heavy atom. The molecule has 1 saturated carbocycles. The minimum absolute atomic E-state index is 0.183. The lowest BCUT2D eigenvalue weighted by molar-refractivity contribution is 0.178. The summed E-state index contributed by atoms with van der Waals surface area (Å²) in [6.07, 6.45) is 5.16. The second kappa shape index (κ2) is 7.47. The zero-order chi connectivity index (χ0) is 15.4. The minimum Gasteiger partial charge on any atom is -0.493 e. The van der Waals surface area contributed by atoms with E-state index in [0.717, 1.165) is 21.5 Å². The Balaban J connectivity index is 2.32. The van der Waals surface area contributed by atoms with Gasteiger partial charge in [-0.25, -0.2) is 0 Å². The van der Waals surface area contributed by atoms with Crippen LogP contribution >= 0.6 is 15.9 Å². The van der Waals surface area contributed by atoms with Gasteiger partial charge in [-0.15, -0.1) is 0 Å². The van der Waals surface area contributed by atoms with E-state index in [-0.39, 0.29) is 6.04 Å². The molecule has 0 saturated heterocycles. The molecule has 1 atom stereocenters. The normalized spacial score (nSPS) is 17.2. The van der Waals surface area contributed by atoms with E-state index in [9.17, 15) is 0 Å². The van der Waals surface area contributed by atoms with Crippen molar-refractivity contribution in [2.24, 2.45) is 5.73 Å². The number of nitrogens with zero attached hydrogens (tertiary/aromatic N) is 1. The highest BCUT2D eigenvalue weighted by atomic mass is 79.9. The third-order valence-electron chi connectivity index (χ3n) is 4.48. The zero-order valence-corrected chi connectivity index (χ0v) is 14.6. The van der Waals surface area contributed by atoms with Crippen LogP contribution < -0.4 is 15.2 Å². The summed E-state index contributed by atoms with van der Waals surface area (Å²) in [4.78, 5) is 2.42. The molecule has 2 rings (SSSR count). The van der Waals surface area contributed by atoms with Gasteiger partial charge in [0.25, 0.3) is 0 Å². The van der Waals surface area contributed by atoms with Gasteiger partial charge >= 0.3 is 0 Å². The van der Waals surface area contributed by atoms with Gasteiger partial charge in [-0.1, -0.05) is 28.8 Å². The highest BCUT2D eigenvalue weighted by molar-refractivity contribution is 9.10. The van der Waals surface area contributed by atoms with Crippen molar-refractivity contribution in [3.63, 3.8) is 0 Å². The van der Waals surface area contributed by atoms with Crippen molar-refractivity contribution in [2.45, 2.75) is 37.8 Å². The zero-order valence-electron chi connectivity index (χ0n) is 13.1. The second-order valence-electron chi connectivity index (χ2n) is 5.58. The lowest BCUT2D eigenvalue weighted by Crippen LogP contribution is -2.37. The molecule has 1 fully saturated rings. The highest BCUT2D eigenvalue weighted by Gasteiger charge is 2.27.